The fourth-order valence-electron chi connectivity index (χ4n) is 3.17. The SMILES string of the molecule is O=c1[nH]c(=O)n(-c2cccc(Cl)c2)c(O)c1C1=NNC(c2cccc(O)c2)C1. The third kappa shape index (κ3) is 3.14. The third-order valence-corrected chi connectivity index (χ3v) is 4.70. The highest BCUT2D eigenvalue weighted by molar-refractivity contribution is 6.30. The van der Waals surface area contributed by atoms with E-state index in [1.165, 1.54) is 6.07 Å². The zero-order chi connectivity index (χ0) is 19.8. The Morgan fingerprint density at radius 1 is 1.11 bits per heavy atom. The Hall–Kier alpha value is -3.52. The van der Waals surface area contributed by atoms with E-state index >= 15 is 0 Å². The number of aromatic amines is 1. The molecule has 4 rings (SSSR count). The number of phenols is 1. The maximum atomic E-state index is 12.4. The summed E-state index contributed by atoms with van der Waals surface area (Å²) >= 11 is 5.97. The largest absolute Gasteiger partial charge is 0.508 e. The molecular formula is C19H15ClN4O4. The molecule has 3 aromatic rings. The quantitative estimate of drug-likeness (QED) is 0.538. The van der Waals surface area contributed by atoms with E-state index in [4.69, 9.17) is 11.6 Å². The summed E-state index contributed by atoms with van der Waals surface area (Å²) in [4.78, 5) is 26.9. The molecule has 0 saturated carbocycles. The average Bonchev–Trinajstić information content (AvgIpc) is 3.11. The summed E-state index contributed by atoms with van der Waals surface area (Å²) in [6.45, 7) is 0. The zero-order valence-corrected chi connectivity index (χ0v) is 15.1. The van der Waals surface area contributed by atoms with Crippen molar-refractivity contribution >= 4 is 17.3 Å². The Kier molecular flexibility index (Phi) is 4.40. The Balaban J connectivity index is 1.76. The Morgan fingerprint density at radius 3 is 2.64 bits per heavy atom. The number of hydrogen-bond acceptors (Lipinski definition) is 6. The van der Waals surface area contributed by atoms with Gasteiger partial charge in [0, 0.05) is 11.4 Å². The molecule has 9 heteroatoms. The maximum absolute atomic E-state index is 12.4. The number of nitrogens with one attached hydrogen (secondary N) is 2. The lowest BCUT2D eigenvalue weighted by molar-refractivity contribution is 0.429. The average molecular weight is 399 g/mol. The first kappa shape index (κ1) is 17.9. The minimum absolute atomic E-state index is 0.102. The molecule has 0 amide bonds. The van der Waals surface area contributed by atoms with Crippen molar-refractivity contribution in [3.8, 4) is 17.3 Å². The highest BCUT2D eigenvalue weighted by atomic mass is 35.5. The highest BCUT2D eigenvalue weighted by Gasteiger charge is 2.27. The monoisotopic (exact) mass is 398 g/mol. The van der Waals surface area contributed by atoms with Crippen LogP contribution in [0, 0.1) is 0 Å². The van der Waals surface area contributed by atoms with E-state index in [0.717, 1.165) is 10.1 Å². The van der Waals surface area contributed by atoms with E-state index in [0.29, 0.717) is 16.4 Å². The summed E-state index contributed by atoms with van der Waals surface area (Å²) in [7, 11) is 0. The van der Waals surface area contributed by atoms with E-state index in [1.54, 1.807) is 36.4 Å². The van der Waals surface area contributed by atoms with Gasteiger partial charge in [-0.2, -0.15) is 5.10 Å². The van der Waals surface area contributed by atoms with Gasteiger partial charge in [0.05, 0.1) is 17.4 Å². The van der Waals surface area contributed by atoms with Crippen molar-refractivity contribution in [1.29, 1.82) is 0 Å². The Bertz CT molecular complexity index is 1220. The molecule has 1 unspecified atom stereocenters. The fourth-order valence-corrected chi connectivity index (χ4v) is 3.36. The number of hydrazone groups is 1. The summed E-state index contributed by atoms with van der Waals surface area (Å²) in [5.41, 5.74) is 2.64. The van der Waals surface area contributed by atoms with Gasteiger partial charge in [-0.25, -0.2) is 9.36 Å². The molecule has 0 fully saturated rings. The van der Waals surface area contributed by atoms with Crippen LogP contribution in [0.1, 0.15) is 23.6 Å². The molecule has 0 radical (unpaired) electrons. The van der Waals surface area contributed by atoms with Crippen LogP contribution in [0.15, 0.2) is 63.2 Å². The molecule has 4 N–H and O–H groups in total. The van der Waals surface area contributed by atoms with Gasteiger partial charge in [0.2, 0.25) is 5.88 Å². The molecular weight excluding hydrogens is 384 g/mol. The first-order valence-corrected chi connectivity index (χ1v) is 8.77. The lowest BCUT2D eigenvalue weighted by Crippen LogP contribution is -2.33. The number of halogens is 1. The fraction of sp³-hybridized carbons (Fsp3) is 0.105. The van der Waals surface area contributed by atoms with Crippen LogP contribution in [0.25, 0.3) is 5.69 Å². The van der Waals surface area contributed by atoms with Gasteiger partial charge in [-0.3, -0.25) is 9.78 Å². The van der Waals surface area contributed by atoms with Crippen LogP contribution in [-0.2, 0) is 0 Å². The highest BCUT2D eigenvalue weighted by Crippen LogP contribution is 2.28. The van der Waals surface area contributed by atoms with E-state index in [1.807, 2.05) is 6.07 Å². The molecule has 1 aliphatic heterocycles. The molecule has 0 spiro atoms. The molecule has 0 aliphatic carbocycles. The van der Waals surface area contributed by atoms with E-state index in [2.05, 4.69) is 15.5 Å². The molecule has 1 aliphatic rings. The number of H-pyrrole nitrogens is 1. The first-order chi connectivity index (χ1) is 13.4. The number of nitrogens with zero attached hydrogens (tertiary/aromatic N) is 2. The second-order valence-electron chi connectivity index (χ2n) is 6.31. The standard InChI is InChI=1S/C19H15ClN4O4/c20-11-4-2-5-12(8-11)24-18(27)16(17(26)21-19(24)28)15-9-14(22-23-15)10-3-1-6-13(25)7-10/h1-8,14,22,25,27H,9H2,(H,21,26,28). The molecule has 28 heavy (non-hydrogen) atoms. The van der Waals surface area contributed by atoms with Crippen LogP contribution in [0.2, 0.25) is 5.02 Å². The summed E-state index contributed by atoms with van der Waals surface area (Å²) in [5.74, 6) is -0.406. The maximum Gasteiger partial charge on any atom is 0.335 e. The normalized spacial score (nSPS) is 15.9. The van der Waals surface area contributed by atoms with Crippen molar-refractivity contribution in [3.05, 3.63) is 85.5 Å². The van der Waals surface area contributed by atoms with Gasteiger partial charge in [0.1, 0.15) is 11.3 Å². The number of benzene rings is 2. The van der Waals surface area contributed by atoms with Crippen molar-refractivity contribution in [2.45, 2.75) is 12.5 Å². The third-order valence-electron chi connectivity index (χ3n) is 4.47. The van der Waals surface area contributed by atoms with E-state index < -0.39 is 17.1 Å². The minimum atomic E-state index is -0.787. The van der Waals surface area contributed by atoms with Gasteiger partial charge in [-0.05, 0) is 35.9 Å². The van der Waals surface area contributed by atoms with Crippen LogP contribution in [0.5, 0.6) is 11.6 Å². The second-order valence-corrected chi connectivity index (χ2v) is 6.75. The predicted molar refractivity (Wildman–Crippen MR) is 104 cm³/mol. The van der Waals surface area contributed by atoms with Gasteiger partial charge in [-0.15, -0.1) is 0 Å². The molecule has 142 valence electrons. The number of rotatable bonds is 3. The molecule has 1 atom stereocenters. The molecule has 1 aromatic heterocycles. The van der Waals surface area contributed by atoms with Gasteiger partial charge in [0.15, 0.2) is 0 Å². The topological polar surface area (TPSA) is 120 Å². The van der Waals surface area contributed by atoms with Gasteiger partial charge >= 0.3 is 5.69 Å². The van der Waals surface area contributed by atoms with Crippen LogP contribution >= 0.6 is 11.6 Å². The molecule has 2 aromatic carbocycles. The predicted octanol–water partition coefficient (Wildman–Crippen LogP) is 2.03. The summed E-state index contributed by atoms with van der Waals surface area (Å²) in [6.07, 6.45) is 0.286. The molecule has 0 bridgehead atoms. The van der Waals surface area contributed by atoms with Crippen molar-refractivity contribution in [2.75, 3.05) is 0 Å². The molecule has 8 nitrogen and oxygen atoms in total. The first-order valence-electron chi connectivity index (χ1n) is 8.39. The number of aromatic hydroxyl groups is 2. The minimum Gasteiger partial charge on any atom is -0.508 e. The molecule has 2 heterocycles. The van der Waals surface area contributed by atoms with E-state index in [-0.39, 0.29) is 23.8 Å². The smallest absolute Gasteiger partial charge is 0.335 e. The van der Waals surface area contributed by atoms with Gasteiger partial charge < -0.3 is 15.6 Å². The summed E-state index contributed by atoms with van der Waals surface area (Å²) < 4.78 is 0.965. The van der Waals surface area contributed by atoms with Gasteiger partial charge in [-0.1, -0.05) is 29.8 Å². The zero-order valence-electron chi connectivity index (χ0n) is 14.4. The van der Waals surface area contributed by atoms with Crippen molar-refractivity contribution in [3.63, 3.8) is 0 Å². The van der Waals surface area contributed by atoms with Crippen LogP contribution in [0.3, 0.4) is 0 Å². The molecule has 0 saturated heterocycles. The van der Waals surface area contributed by atoms with Crippen molar-refractivity contribution < 1.29 is 10.2 Å². The van der Waals surface area contributed by atoms with Crippen molar-refractivity contribution in [1.82, 2.24) is 15.0 Å². The number of phenolic OH excluding ortho intramolecular Hbond substituents is 1. The van der Waals surface area contributed by atoms with Crippen LogP contribution < -0.4 is 16.7 Å². The van der Waals surface area contributed by atoms with Crippen molar-refractivity contribution in [2.24, 2.45) is 5.10 Å². The summed E-state index contributed by atoms with van der Waals surface area (Å²) in [6, 6.07) is 12.7. The lowest BCUT2D eigenvalue weighted by Gasteiger charge is -2.12. The van der Waals surface area contributed by atoms with E-state index in [9.17, 15) is 19.8 Å². The van der Waals surface area contributed by atoms with Gasteiger partial charge in [0.25, 0.3) is 5.56 Å². The summed E-state index contributed by atoms with van der Waals surface area (Å²) in [5, 5.41) is 24.9. The van der Waals surface area contributed by atoms with Crippen LogP contribution in [-0.4, -0.2) is 25.5 Å². The second kappa shape index (κ2) is 6.90. The van der Waals surface area contributed by atoms with Crippen LogP contribution in [0.4, 0.5) is 0 Å². The number of hydrogen-bond donors (Lipinski definition) is 4. The lowest BCUT2D eigenvalue weighted by atomic mass is 10.00. The Morgan fingerprint density at radius 2 is 1.89 bits per heavy atom. The Labute approximate surface area is 163 Å². The number of aromatic nitrogens is 2.